The van der Waals surface area contributed by atoms with Gasteiger partial charge in [-0.25, -0.2) is 0 Å². The first kappa shape index (κ1) is 11.8. The van der Waals surface area contributed by atoms with Crippen molar-refractivity contribution in [3.63, 3.8) is 0 Å². The summed E-state index contributed by atoms with van der Waals surface area (Å²) >= 11 is 0. The van der Waals surface area contributed by atoms with Crippen LogP contribution in [0.2, 0.25) is 0 Å². The van der Waals surface area contributed by atoms with E-state index in [1.165, 1.54) is 37.9 Å². The molecule has 0 N–H and O–H groups in total. The lowest BCUT2D eigenvalue weighted by Gasteiger charge is -2.16. The third-order valence-corrected chi connectivity index (χ3v) is 4.13. The average molecular weight is 247 g/mol. The minimum absolute atomic E-state index is 0.634. The fraction of sp³-hybridized carbons (Fsp3) is 0.600. The highest BCUT2D eigenvalue weighted by molar-refractivity contribution is 5.40. The van der Waals surface area contributed by atoms with Gasteiger partial charge in [-0.1, -0.05) is 0 Å². The molecule has 0 bridgehead atoms. The Morgan fingerprint density at radius 3 is 2.22 bits per heavy atom. The molecule has 3 nitrogen and oxygen atoms in total. The number of hydrogen-bond donors (Lipinski definition) is 0. The van der Waals surface area contributed by atoms with E-state index in [0.717, 1.165) is 17.5 Å². The molecule has 0 amide bonds. The number of rotatable bonds is 4. The lowest BCUT2D eigenvalue weighted by atomic mass is 9.98. The van der Waals surface area contributed by atoms with Crippen LogP contribution in [0.25, 0.3) is 0 Å². The van der Waals surface area contributed by atoms with Gasteiger partial charge in [-0.15, -0.1) is 0 Å². The molecule has 3 heteroatoms. The lowest BCUT2D eigenvalue weighted by molar-refractivity contribution is 0.324. The Morgan fingerprint density at radius 2 is 1.67 bits per heavy atom. The smallest absolute Gasteiger partial charge is 0.122 e. The highest BCUT2D eigenvalue weighted by Gasteiger charge is 2.34. The summed E-state index contributed by atoms with van der Waals surface area (Å²) in [6.45, 7) is 2.44. The third kappa shape index (κ3) is 2.32. The summed E-state index contributed by atoms with van der Waals surface area (Å²) < 4.78 is 10.7. The summed E-state index contributed by atoms with van der Waals surface area (Å²) in [5, 5.41) is 0. The van der Waals surface area contributed by atoms with Crippen molar-refractivity contribution in [1.29, 1.82) is 0 Å². The fourth-order valence-corrected chi connectivity index (χ4v) is 2.90. The lowest BCUT2D eigenvalue weighted by Crippen LogP contribution is -2.22. The minimum atomic E-state index is 0.634. The summed E-state index contributed by atoms with van der Waals surface area (Å²) in [5.74, 6) is 2.43. The van der Waals surface area contributed by atoms with E-state index in [2.05, 4.69) is 17.0 Å². The van der Waals surface area contributed by atoms with Gasteiger partial charge in [0.05, 0.1) is 14.2 Å². The van der Waals surface area contributed by atoms with Gasteiger partial charge in [0.2, 0.25) is 0 Å². The Labute approximate surface area is 109 Å². The van der Waals surface area contributed by atoms with Crippen LogP contribution in [-0.2, 0) is 0 Å². The van der Waals surface area contributed by atoms with E-state index >= 15 is 0 Å². The van der Waals surface area contributed by atoms with Crippen molar-refractivity contribution in [2.75, 3.05) is 27.3 Å². The Morgan fingerprint density at radius 1 is 1.00 bits per heavy atom. The molecule has 1 atom stereocenters. The molecule has 1 unspecified atom stereocenters. The summed E-state index contributed by atoms with van der Waals surface area (Å²) in [5.41, 5.74) is 1.36. The van der Waals surface area contributed by atoms with Crippen LogP contribution >= 0.6 is 0 Å². The maximum Gasteiger partial charge on any atom is 0.122 e. The van der Waals surface area contributed by atoms with Crippen LogP contribution in [0.15, 0.2) is 18.2 Å². The predicted molar refractivity (Wildman–Crippen MR) is 71.5 cm³/mol. The molecule has 0 spiro atoms. The van der Waals surface area contributed by atoms with Gasteiger partial charge in [0, 0.05) is 18.7 Å². The Kier molecular flexibility index (Phi) is 3.16. The number of methoxy groups -OCH3 is 2. The highest BCUT2D eigenvalue weighted by atomic mass is 16.5. The minimum Gasteiger partial charge on any atom is -0.497 e. The second-order valence-electron chi connectivity index (χ2n) is 5.36. The van der Waals surface area contributed by atoms with E-state index in [1.54, 1.807) is 14.2 Å². The van der Waals surface area contributed by atoms with Crippen LogP contribution in [0.4, 0.5) is 0 Å². The molecular weight excluding hydrogens is 226 g/mol. The van der Waals surface area contributed by atoms with Crippen molar-refractivity contribution in [2.24, 2.45) is 0 Å². The molecular formula is C15H21NO2. The van der Waals surface area contributed by atoms with Crippen molar-refractivity contribution in [3.8, 4) is 11.5 Å². The zero-order chi connectivity index (χ0) is 12.5. The second kappa shape index (κ2) is 4.81. The van der Waals surface area contributed by atoms with E-state index in [4.69, 9.17) is 9.47 Å². The molecule has 2 fully saturated rings. The monoisotopic (exact) mass is 247 g/mol. The topological polar surface area (TPSA) is 21.7 Å². The van der Waals surface area contributed by atoms with Gasteiger partial charge in [0.1, 0.15) is 11.5 Å². The van der Waals surface area contributed by atoms with Gasteiger partial charge >= 0.3 is 0 Å². The number of likely N-dealkylation sites (tertiary alicyclic amines) is 1. The summed E-state index contributed by atoms with van der Waals surface area (Å²) in [7, 11) is 3.42. The molecule has 1 saturated carbocycles. The first-order chi connectivity index (χ1) is 8.80. The van der Waals surface area contributed by atoms with Crippen molar-refractivity contribution in [3.05, 3.63) is 23.8 Å². The van der Waals surface area contributed by atoms with Gasteiger partial charge in [0.15, 0.2) is 0 Å². The molecule has 98 valence electrons. The quantitative estimate of drug-likeness (QED) is 0.816. The van der Waals surface area contributed by atoms with Gasteiger partial charge in [-0.2, -0.15) is 0 Å². The normalized spacial score (nSPS) is 24.2. The number of nitrogens with zero attached hydrogens (tertiary/aromatic N) is 1. The SMILES string of the molecule is COc1cc(OC)cc(C2CCN(C3CC3)C2)c1. The fourth-order valence-electron chi connectivity index (χ4n) is 2.90. The number of benzene rings is 1. The second-order valence-corrected chi connectivity index (χ2v) is 5.36. The molecule has 3 rings (SSSR count). The van der Waals surface area contributed by atoms with E-state index in [1.807, 2.05) is 6.07 Å². The van der Waals surface area contributed by atoms with Crippen LogP contribution < -0.4 is 9.47 Å². The maximum atomic E-state index is 5.35. The largest absolute Gasteiger partial charge is 0.497 e. The molecule has 18 heavy (non-hydrogen) atoms. The van der Waals surface area contributed by atoms with Crippen LogP contribution in [-0.4, -0.2) is 38.3 Å². The summed E-state index contributed by atoms with van der Waals surface area (Å²) in [4.78, 5) is 2.64. The van der Waals surface area contributed by atoms with E-state index < -0.39 is 0 Å². The zero-order valence-corrected chi connectivity index (χ0v) is 11.2. The molecule has 1 aromatic carbocycles. The maximum absolute atomic E-state index is 5.35. The molecule has 1 heterocycles. The van der Waals surface area contributed by atoms with Gasteiger partial charge in [-0.05, 0) is 49.4 Å². The summed E-state index contributed by atoms with van der Waals surface area (Å²) in [6, 6.07) is 7.13. The Hall–Kier alpha value is -1.22. The molecule has 0 aromatic heterocycles. The third-order valence-electron chi connectivity index (χ3n) is 4.13. The van der Waals surface area contributed by atoms with Gasteiger partial charge in [0.25, 0.3) is 0 Å². The Balaban J connectivity index is 1.78. The van der Waals surface area contributed by atoms with E-state index in [-0.39, 0.29) is 0 Å². The molecule has 2 aliphatic rings. The van der Waals surface area contributed by atoms with Crippen LogP contribution in [0, 0.1) is 0 Å². The Bertz CT molecular complexity index is 406. The first-order valence-corrected chi connectivity index (χ1v) is 6.77. The molecule has 1 saturated heterocycles. The number of hydrogen-bond acceptors (Lipinski definition) is 3. The van der Waals surface area contributed by atoms with Crippen molar-refractivity contribution < 1.29 is 9.47 Å². The molecule has 1 aliphatic heterocycles. The average Bonchev–Trinajstić information content (AvgIpc) is 3.15. The molecule has 1 aliphatic carbocycles. The molecule has 0 radical (unpaired) electrons. The van der Waals surface area contributed by atoms with Crippen molar-refractivity contribution in [1.82, 2.24) is 4.90 Å². The molecule has 1 aromatic rings. The van der Waals surface area contributed by atoms with Crippen LogP contribution in [0.5, 0.6) is 11.5 Å². The van der Waals surface area contributed by atoms with Crippen molar-refractivity contribution in [2.45, 2.75) is 31.2 Å². The standard InChI is InChI=1S/C15H21NO2/c1-17-14-7-12(8-15(9-14)18-2)11-5-6-16(10-11)13-3-4-13/h7-9,11,13H,3-6,10H2,1-2H3. The van der Waals surface area contributed by atoms with Crippen LogP contribution in [0.3, 0.4) is 0 Å². The zero-order valence-electron chi connectivity index (χ0n) is 11.2. The summed E-state index contributed by atoms with van der Waals surface area (Å²) in [6.07, 6.45) is 4.05. The van der Waals surface area contributed by atoms with E-state index in [9.17, 15) is 0 Å². The first-order valence-electron chi connectivity index (χ1n) is 6.77. The van der Waals surface area contributed by atoms with Gasteiger partial charge in [-0.3, -0.25) is 4.90 Å². The number of ether oxygens (including phenoxy) is 2. The van der Waals surface area contributed by atoms with E-state index in [0.29, 0.717) is 5.92 Å². The predicted octanol–water partition coefficient (Wildman–Crippen LogP) is 2.66. The van der Waals surface area contributed by atoms with Crippen LogP contribution in [0.1, 0.15) is 30.7 Å². The van der Waals surface area contributed by atoms with Crippen molar-refractivity contribution >= 4 is 0 Å². The van der Waals surface area contributed by atoms with Gasteiger partial charge < -0.3 is 9.47 Å². The highest BCUT2D eigenvalue weighted by Crippen LogP contribution is 2.37.